The molecule has 3 heterocycles. The number of pyridine rings is 1. The highest BCUT2D eigenvalue weighted by Crippen LogP contribution is 2.36. The van der Waals surface area contributed by atoms with Gasteiger partial charge in [0.1, 0.15) is 0 Å². The lowest BCUT2D eigenvalue weighted by Gasteiger charge is -2.27. The van der Waals surface area contributed by atoms with Crippen LogP contribution in [0.25, 0.3) is 17.0 Å². The summed E-state index contributed by atoms with van der Waals surface area (Å²) in [6.07, 6.45) is 0.509. The van der Waals surface area contributed by atoms with E-state index in [9.17, 15) is 31.1 Å². The van der Waals surface area contributed by atoms with E-state index in [-0.39, 0.29) is 13.1 Å². The molecule has 0 spiro atoms. The van der Waals surface area contributed by atoms with Gasteiger partial charge in [0.05, 0.1) is 11.1 Å². The summed E-state index contributed by atoms with van der Waals surface area (Å²) in [6, 6.07) is 9.03. The fourth-order valence-electron chi connectivity index (χ4n) is 4.74. The number of carbonyl (C=O) groups excluding carboxylic acids is 1. The van der Waals surface area contributed by atoms with Crippen molar-refractivity contribution in [3.05, 3.63) is 106 Å². The molecule has 5 nitrogen and oxygen atoms in total. The van der Waals surface area contributed by atoms with Crippen LogP contribution in [0, 0.1) is 17.6 Å². The Morgan fingerprint density at radius 2 is 1.85 bits per heavy atom. The number of halogens is 6. The normalized spacial score (nSPS) is 14.2. The summed E-state index contributed by atoms with van der Waals surface area (Å²) in [5.74, 6) is -2.59. The minimum atomic E-state index is -4.56. The summed E-state index contributed by atoms with van der Waals surface area (Å²) >= 11 is 0. The van der Waals surface area contributed by atoms with Crippen molar-refractivity contribution in [2.75, 3.05) is 13.1 Å². The van der Waals surface area contributed by atoms with Gasteiger partial charge in [-0.3, -0.25) is 9.47 Å². The monoisotopic (exact) mass is 544 g/mol. The standard InChI is InChI=1S/C28H22F6N4O/c29-22-5-3-17(12-23(22)30)2-1-10-37-11-8-25-21(16-37)20-14-19(28(32,33)34)4-6-24(20)38(25)27(39)36-15-18-7-9-35-26(31)13-18/h1-7,9,12-14H,8,10-11,15-16H2,(H,36,39)/b2-1+. The highest BCUT2D eigenvalue weighted by molar-refractivity contribution is 5.96. The van der Waals surface area contributed by atoms with E-state index in [1.165, 1.54) is 29.0 Å². The molecule has 0 atom stereocenters. The lowest BCUT2D eigenvalue weighted by molar-refractivity contribution is -0.137. The van der Waals surface area contributed by atoms with Crippen molar-refractivity contribution in [1.29, 1.82) is 0 Å². The quantitative estimate of drug-likeness (QED) is 0.237. The first-order valence-electron chi connectivity index (χ1n) is 12.1. The van der Waals surface area contributed by atoms with Crippen LogP contribution >= 0.6 is 0 Å². The fraction of sp³-hybridized carbons (Fsp3) is 0.214. The summed E-state index contributed by atoms with van der Waals surface area (Å²) < 4.78 is 82.0. The fourth-order valence-corrected chi connectivity index (χ4v) is 4.74. The molecular weight excluding hydrogens is 522 g/mol. The Morgan fingerprint density at radius 3 is 2.59 bits per heavy atom. The summed E-state index contributed by atoms with van der Waals surface area (Å²) in [6.45, 7) is 1.21. The van der Waals surface area contributed by atoms with E-state index < -0.39 is 35.4 Å². The summed E-state index contributed by atoms with van der Waals surface area (Å²) in [5.41, 5.74) is 1.68. The second kappa shape index (κ2) is 10.6. The van der Waals surface area contributed by atoms with Gasteiger partial charge in [0.15, 0.2) is 11.6 Å². The van der Waals surface area contributed by atoms with Gasteiger partial charge in [-0.15, -0.1) is 0 Å². The zero-order chi connectivity index (χ0) is 27.7. The number of rotatable bonds is 5. The first-order valence-corrected chi connectivity index (χ1v) is 12.1. The van der Waals surface area contributed by atoms with Gasteiger partial charge in [0.2, 0.25) is 5.95 Å². The number of amides is 1. The molecule has 0 bridgehead atoms. The molecular formula is C28H22F6N4O. The Bertz CT molecular complexity index is 1580. The smallest absolute Gasteiger partial charge is 0.333 e. The summed E-state index contributed by atoms with van der Waals surface area (Å²) in [5, 5.41) is 3.03. The van der Waals surface area contributed by atoms with Crippen LogP contribution in [0.4, 0.5) is 31.1 Å². The van der Waals surface area contributed by atoms with Crippen LogP contribution in [0.3, 0.4) is 0 Å². The van der Waals surface area contributed by atoms with E-state index in [1.807, 2.05) is 4.90 Å². The number of nitrogens with zero attached hydrogens (tertiary/aromatic N) is 3. The topological polar surface area (TPSA) is 50.2 Å². The molecule has 1 aliphatic rings. The van der Waals surface area contributed by atoms with Gasteiger partial charge in [0, 0.05) is 49.9 Å². The molecule has 2 aromatic carbocycles. The van der Waals surface area contributed by atoms with Crippen LogP contribution in [0.2, 0.25) is 0 Å². The highest BCUT2D eigenvalue weighted by Gasteiger charge is 2.33. The largest absolute Gasteiger partial charge is 0.416 e. The van der Waals surface area contributed by atoms with Crippen LogP contribution < -0.4 is 5.32 Å². The molecule has 1 N–H and O–H groups in total. The van der Waals surface area contributed by atoms with Crippen molar-refractivity contribution >= 4 is 23.0 Å². The summed E-state index contributed by atoms with van der Waals surface area (Å²) in [4.78, 5) is 18.7. The van der Waals surface area contributed by atoms with E-state index in [2.05, 4.69) is 10.3 Å². The second-order valence-electron chi connectivity index (χ2n) is 9.20. The molecule has 0 radical (unpaired) electrons. The number of hydrogen-bond acceptors (Lipinski definition) is 3. The predicted octanol–water partition coefficient (Wildman–Crippen LogP) is 6.30. The van der Waals surface area contributed by atoms with Crippen LogP contribution in [0.15, 0.2) is 60.8 Å². The minimum absolute atomic E-state index is 0.00819. The molecule has 2 aromatic heterocycles. The zero-order valence-corrected chi connectivity index (χ0v) is 20.4. The number of nitrogens with one attached hydrogen (secondary N) is 1. The molecule has 0 saturated heterocycles. The molecule has 11 heteroatoms. The highest BCUT2D eigenvalue weighted by atomic mass is 19.4. The Kier molecular flexibility index (Phi) is 7.17. The number of hydrogen-bond donors (Lipinski definition) is 1. The van der Waals surface area contributed by atoms with E-state index in [0.717, 1.165) is 24.3 Å². The van der Waals surface area contributed by atoms with Gasteiger partial charge in [-0.05, 0) is 59.2 Å². The lowest BCUT2D eigenvalue weighted by Crippen LogP contribution is -2.34. The number of benzene rings is 2. The van der Waals surface area contributed by atoms with Crippen LogP contribution in [-0.2, 0) is 25.7 Å². The number of fused-ring (bicyclic) bond motifs is 3. The first-order chi connectivity index (χ1) is 18.6. The third kappa shape index (κ3) is 5.68. The molecule has 202 valence electrons. The van der Waals surface area contributed by atoms with E-state index in [4.69, 9.17) is 0 Å². The van der Waals surface area contributed by atoms with Crippen molar-refractivity contribution in [1.82, 2.24) is 19.8 Å². The van der Waals surface area contributed by atoms with Gasteiger partial charge in [-0.25, -0.2) is 18.6 Å². The third-order valence-corrected chi connectivity index (χ3v) is 6.61. The van der Waals surface area contributed by atoms with Gasteiger partial charge >= 0.3 is 12.2 Å². The molecule has 1 amide bonds. The van der Waals surface area contributed by atoms with Crippen LogP contribution in [0.1, 0.15) is 27.9 Å². The van der Waals surface area contributed by atoms with Crippen molar-refractivity contribution in [3.63, 3.8) is 0 Å². The maximum atomic E-state index is 13.5. The number of aromatic nitrogens is 2. The minimum Gasteiger partial charge on any atom is -0.333 e. The molecule has 39 heavy (non-hydrogen) atoms. The molecule has 4 aromatic rings. The van der Waals surface area contributed by atoms with Crippen LogP contribution in [0.5, 0.6) is 0 Å². The zero-order valence-electron chi connectivity index (χ0n) is 20.4. The van der Waals surface area contributed by atoms with Crippen molar-refractivity contribution in [3.8, 4) is 0 Å². The SMILES string of the molecule is O=C(NCc1ccnc(F)c1)n1c2c(c3cc(C(F)(F)F)ccc31)CN(C/C=C/c1ccc(F)c(F)c1)CC2. The van der Waals surface area contributed by atoms with Crippen molar-refractivity contribution < 1.29 is 31.1 Å². The van der Waals surface area contributed by atoms with E-state index in [0.29, 0.717) is 52.8 Å². The molecule has 5 rings (SSSR count). The maximum Gasteiger partial charge on any atom is 0.416 e. The molecule has 0 fully saturated rings. The molecule has 0 aliphatic carbocycles. The van der Waals surface area contributed by atoms with Gasteiger partial charge < -0.3 is 5.32 Å². The Morgan fingerprint density at radius 1 is 1.03 bits per heavy atom. The number of carbonyl (C=O) groups is 1. The maximum absolute atomic E-state index is 13.5. The van der Waals surface area contributed by atoms with Crippen LogP contribution in [-0.4, -0.2) is 33.6 Å². The van der Waals surface area contributed by atoms with E-state index >= 15 is 0 Å². The molecule has 1 aliphatic heterocycles. The summed E-state index contributed by atoms with van der Waals surface area (Å²) in [7, 11) is 0. The van der Waals surface area contributed by atoms with Crippen molar-refractivity contribution in [2.24, 2.45) is 0 Å². The average Bonchev–Trinajstić information content (AvgIpc) is 3.22. The predicted molar refractivity (Wildman–Crippen MR) is 133 cm³/mol. The van der Waals surface area contributed by atoms with Crippen molar-refractivity contribution in [2.45, 2.75) is 25.7 Å². The Balaban J connectivity index is 1.42. The first kappa shape index (κ1) is 26.5. The number of alkyl halides is 3. The van der Waals surface area contributed by atoms with Gasteiger partial charge in [-0.1, -0.05) is 18.2 Å². The van der Waals surface area contributed by atoms with Gasteiger partial charge in [0.25, 0.3) is 0 Å². The second-order valence-corrected chi connectivity index (χ2v) is 9.20. The van der Waals surface area contributed by atoms with E-state index in [1.54, 1.807) is 18.2 Å². The third-order valence-electron chi connectivity index (χ3n) is 6.61. The average molecular weight is 544 g/mol. The molecule has 0 saturated carbocycles. The Hall–Kier alpha value is -4.12. The Labute approximate surface area is 219 Å². The molecule has 0 unspecified atom stereocenters. The lowest BCUT2D eigenvalue weighted by atomic mass is 10.0. The van der Waals surface area contributed by atoms with Gasteiger partial charge in [-0.2, -0.15) is 17.6 Å².